The number of hydrogen-bond acceptors (Lipinski definition) is 2. The Bertz CT molecular complexity index is 683. The molecule has 0 aliphatic rings. The van der Waals surface area contributed by atoms with Gasteiger partial charge < -0.3 is 10.3 Å². The Kier molecular flexibility index (Phi) is 2.80. The van der Waals surface area contributed by atoms with Crippen LogP contribution in [0.15, 0.2) is 53.3 Å². The van der Waals surface area contributed by atoms with Crippen molar-refractivity contribution in [3.8, 4) is 0 Å². The van der Waals surface area contributed by atoms with E-state index < -0.39 is 0 Å². The maximum Gasteiger partial charge on any atom is 0.0961 e. The number of para-hydroxylation sites is 2. The van der Waals surface area contributed by atoms with E-state index in [4.69, 9.17) is 5.73 Å². The van der Waals surface area contributed by atoms with Gasteiger partial charge in [0.15, 0.2) is 0 Å². The molecule has 0 spiro atoms. The molecule has 0 bridgehead atoms. The molecule has 1 heterocycles. The van der Waals surface area contributed by atoms with Gasteiger partial charge in [-0.2, -0.15) is 0 Å². The van der Waals surface area contributed by atoms with Gasteiger partial charge in [-0.3, -0.25) is 0 Å². The average molecular weight is 302 g/mol. The van der Waals surface area contributed by atoms with E-state index in [1.165, 1.54) is 0 Å². The number of benzene rings is 2. The molecule has 0 radical (unpaired) electrons. The van der Waals surface area contributed by atoms with Crippen molar-refractivity contribution in [2.75, 3.05) is 5.73 Å². The first-order chi connectivity index (χ1) is 8.72. The van der Waals surface area contributed by atoms with E-state index in [1.807, 2.05) is 36.7 Å². The molecule has 0 saturated carbocycles. The number of halogens is 1. The van der Waals surface area contributed by atoms with Crippen LogP contribution in [0.1, 0.15) is 5.56 Å². The summed E-state index contributed by atoms with van der Waals surface area (Å²) in [5.74, 6) is 0. The van der Waals surface area contributed by atoms with Gasteiger partial charge in [-0.15, -0.1) is 0 Å². The highest BCUT2D eigenvalue weighted by molar-refractivity contribution is 9.10. The maximum atomic E-state index is 5.85. The van der Waals surface area contributed by atoms with Crippen LogP contribution in [0, 0.1) is 0 Å². The van der Waals surface area contributed by atoms with Crippen LogP contribution in [0.5, 0.6) is 0 Å². The minimum Gasteiger partial charge on any atom is -0.399 e. The van der Waals surface area contributed by atoms with Crippen LogP contribution in [0.2, 0.25) is 0 Å². The molecule has 0 unspecified atom stereocenters. The fourth-order valence-corrected chi connectivity index (χ4v) is 2.66. The molecular formula is C14H12BrN3. The van der Waals surface area contributed by atoms with Crippen LogP contribution < -0.4 is 5.73 Å². The molecule has 2 N–H and O–H groups in total. The lowest BCUT2D eigenvalue weighted by atomic mass is 10.2. The third-order valence-corrected chi connectivity index (χ3v) is 3.32. The lowest BCUT2D eigenvalue weighted by Gasteiger charge is -2.06. The number of nitrogens with zero attached hydrogens (tertiary/aromatic N) is 2. The number of imidazole rings is 1. The SMILES string of the molecule is Nc1cc(Br)cc(Cn2cnc3ccccc32)c1. The highest BCUT2D eigenvalue weighted by atomic mass is 79.9. The minimum absolute atomic E-state index is 0.767. The number of nitrogens with two attached hydrogens (primary N) is 1. The predicted molar refractivity (Wildman–Crippen MR) is 77.4 cm³/mol. The monoisotopic (exact) mass is 301 g/mol. The lowest BCUT2D eigenvalue weighted by molar-refractivity contribution is 0.824. The topological polar surface area (TPSA) is 43.8 Å². The number of fused-ring (bicyclic) bond motifs is 1. The highest BCUT2D eigenvalue weighted by Crippen LogP contribution is 2.20. The first-order valence-electron chi connectivity index (χ1n) is 5.67. The average Bonchev–Trinajstić information content (AvgIpc) is 2.72. The van der Waals surface area contributed by atoms with Gasteiger partial charge in [0.2, 0.25) is 0 Å². The summed E-state index contributed by atoms with van der Waals surface area (Å²) < 4.78 is 3.12. The van der Waals surface area contributed by atoms with Crippen molar-refractivity contribution in [1.82, 2.24) is 9.55 Å². The summed E-state index contributed by atoms with van der Waals surface area (Å²) in [6.45, 7) is 0.768. The second kappa shape index (κ2) is 4.46. The molecule has 1 aromatic heterocycles. The van der Waals surface area contributed by atoms with E-state index in [0.29, 0.717) is 0 Å². The zero-order valence-electron chi connectivity index (χ0n) is 9.68. The van der Waals surface area contributed by atoms with Crippen molar-refractivity contribution in [3.05, 3.63) is 58.8 Å². The Hall–Kier alpha value is -1.81. The van der Waals surface area contributed by atoms with Gasteiger partial charge in [-0.1, -0.05) is 28.1 Å². The van der Waals surface area contributed by atoms with Crippen LogP contribution in [0.3, 0.4) is 0 Å². The van der Waals surface area contributed by atoms with Gasteiger partial charge in [-0.05, 0) is 35.9 Å². The number of rotatable bonds is 2. The zero-order chi connectivity index (χ0) is 12.5. The molecule has 0 saturated heterocycles. The highest BCUT2D eigenvalue weighted by Gasteiger charge is 2.03. The van der Waals surface area contributed by atoms with Gasteiger partial charge in [0.1, 0.15) is 0 Å². The second-order valence-corrected chi connectivity index (χ2v) is 5.17. The Morgan fingerprint density at radius 1 is 1.17 bits per heavy atom. The summed E-state index contributed by atoms with van der Waals surface area (Å²) >= 11 is 3.46. The zero-order valence-corrected chi connectivity index (χ0v) is 11.3. The van der Waals surface area contributed by atoms with E-state index in [2.05, 4.69) is 37.6 Å². The molecule has 3 aromatic rings. The summed E-state index contributed by atoms with van der Waals surface area (Å²) in [5, 5.41) is 0. The van der Waals surface area contributed by atoms with Crippen molar-refractivity contribution >= 4 is 32.7 Å². The van der Waals surface area contributed by atoms with E-state index in [9.17, 15) is 0 Å². The summed E-state index contributed by atoms with van der Waals surface area (Å²) in [4.78, 5) is 4.38. The van der Waals surface area contributed by atoms with E-state index >= 15 is 0 Å². The molecular weight excluding hydrogens is 290 g/mol. The van der Waals surface area contributed by atoms with Gasteiger partial charge in [0, 0.05) is 16.7 Å². The minimum atomic E-state index is 0.767. The molecule has 0 fully saturated rings. The summed E-state index contributed by atoms with van der Waals surface area (Å²) in [5.41, 5.74) is 9.92. The molecule has 90 valence electrons. The first kappa shape index (κ1) is 11.3. The van der Waals surface area contributed by atoms with Gasteiger partial charge in [0.05, 0.1) is 17.4 Å². The first-order valence-corrected chi connectivity index (χ1v) is 6.46. The van der Waals surface area contributed by atoms with Gasteiger partial charge in [-0.25, -0.2) is 4.98 Å². The third kappa shape index (κ3) is 2.11. The molecule has 3 nitrogen and oxygen atoms in total. The Morgan fingerprint density at radius 2 is 2.00 bits per heavy atom. The maximum absolute atomic E-state index is 5.85. The number of hydrogen-bond donors (Lipinski definition) is 1. The van der Waals surface area contributed by atoms with Crippen molar-refractivity contribution in [1.29, 1.82) is 0 Å². The van der Waals surface area contributed by atoms with Crippen molar-refractivity contribution in [2.24, 2.45) is 0 Å². The van der Waals surface area contributed by atoms with Gasteiger partial charge >= 0.3 is 0 Å². The summed E-state index contributed by atoms with van der Waals surface area (Å²) in [6.07, 6.45) is 1.86. The standard InChI is InChI=1S/C14H12BrN3/c15-11-5-10(6-12(16)7-11)8-18-9-17-13-3-1-2-4-14(13)18/h1-7,9H,8,16H2. The fourth-order valence-electron chi connectivity index (χ4n) is 2.10. The van der Waals surface area contributed by atoms with Crippen LogP contribution in [-0.2, 0) is 6.54 Å². The predicted octanol–water partition coefficient (Wildman–Crippen LogP) is 3.43. The Balaban J connectivity index is 2.01. The Labute approximate surface area is 113 Å². The smallest absolute Gasteiger partial charge is 0.0961 e. The normalized spacial score (nSPS) is 10.9. The van der Waals surface area contributed by atoms with E-state index in [-0.39, 0.29) is 0 Å². The summed E-state index contributed by atoms with van der Waals surface area (Å²) in [6, 6.07) is 14.1. The number of nitrogen functional groups attached to an aromatic ring is 1. The van der Waals surface area contributed by atoms with Crippen LogP contribution in [-0.4, -0.2) is 9.55 Å². The van der Waals surface area contributed by atoms with Crippen LogP contribution >= 0.6 is 15.9 Å². The van der Waals surface area contributed by atoms with Crippen molar-refractivity contribution in [2.45, 2.75) is 6.54 Å². The number of aromatic nitrogens is 2. The van der Waals surface area contributed by atoms with E-state index in [1.54, 1.807) is 0 Å². The summed E-state index contributed by atoms with van der Waals surface area (Å²) in [7, 11) is 0. The molecule has 2 aromatic carbocycles. The molecule has 0 aliphatic heterocycles. The van der Waals surface area contributed by atoms with Crippen LogP contribution in [0.4, 0.5) is 5.69 Å². The van der Waals surface area contributed by atoms with Crippen LogP contribution in [0.25, 0.3) is 11.0 Å². The molecule has 18 heavy (non-hydrogen) atoms. The fraction of sp³-hybridized carbons (Fsp3) is 0.0714. The molecule has 0 amide bonds. The quantitative estimate of drug-likeness (QED) is 0.737. The Morgan fingerprint density at radius 3 is 2.83 bits per heavy atom. The van der Waals surface area contributed by atoms with Gasteiger partial charge in [0.25, 0.3) is 0 Å². The molecule has 4 heteroatoms. The number of anilines is 1. The van der Waals surface area contributed by atoms with E-state index in [0.717, 1.165) is 33.3 Å². The van der Waals surface area contributed by atoms with Crippen molar-refractivity contribution < 1.29 is 0 Å². The molecule has 3 rings (SSSR count). The molecule has 0 aliphatic carbocycles. The lowest BCUT2D eigenvalue weighted by Crippen LogP contribution is -1.99. The molecule has 0 atom stereocenters. The van der Waals surface area contributed by atoms with Crippen molar-refractivity contribution in [3.63, 3.8) is 0 Å². The largest absolute Gasteiger partial charge is 0.399 e. The third-order valence-electron chi connectivity index (χ3n) is 2.86. The second-order valence-electron chi connectivity index (χ2n) is 4.25.